The zero-order chi connectivity index (χ0) is 32.9. The smallest absolute Gasteiger partial charge is 0.0346 e. The molecule has 0 atom stereocenters. The van der Waals surface area contributed by atoms with Crippen LogP contribution >= 0.6 is 0 Å². The van der Waals surface area contributed by atoms with Crippen LogP contribution in [0.4, 0.5) is 0 Å². The van der Waals surface area contributed by atoms with Crippen LogP contribution in [0.3, 0.4) is 0 Å². The van der Waals surface area contributed by atoms with E-state index >= 15 is 0 Å². The highest BCUT2D eigenvalue weighted by atomic mass is 14.6. The van der Waals surface area contributed by atoms with Gasteiger partial charge in [0.2, 0.25) is 0 Å². The van der Waals surface area contributed by atoms with Crippen molar-refractivity contribution in [2.24, 2.45) is 0 Å². The molecule has 0 aliphatic rings. The first-order chi connectivity index (χ1) is 21.7. The summed E-state index contributed by atoms with van der Waals surface area (Å²) < 4.78 is 0. The molecule has 1 aromatic heterocycles. The summed E-state index contributed by atoms with van der Waals surface area (Å²) in [5, 5.41) is 2.52. The number of hydrogen-bond acceptors (Lipinski definition) is 1. The van der Waals surface area contributed by atoms with Gasteiger partial charge >= 0.3 is 0 Å². The average molecular weight is 602 g/mol. The average Bonchev–Trinajstić information content (AvgIpc) is 3.03. The molecule has 0 amide bonds. The monoisotopic (exact) mass is 601 g/mol. The molecule has 0 bridgehead atoms. The van der Waals surface area contributed by atoms with E-state index in [2.05, 4.69) is 172 Å². The molecule has 0 aliphatic heterocycles. The topological polar surface area (TPSA) is 12.9 Å². The van der Waals surface area contributed by atoms with Crippen LogP contribution in [0.25, 0.3) is 55.3 Å². The minimum absolute atomic E-state index is 0.00289. The molecule has 1 nitrogen and oxygen atoms in total. The van der Waals surface area contributed by atoms with Gasteiger partial charge in [0.05, 0.1) is 0 Å². The van der Waals surface area contributed by atoms with Crippen molar-refractivity contribution in [3.05, 3.63) is 138 Å². The summed E-state index contributed by atoms with van der Waals surface area (Å²) in [6.45, 7) is 20.7. The highest BCUT2D eigenvalue weighted by Crippen LogP contribution is 2.39. The summed E-state index contributed by atoms with van der Waals surface area (Å²) in [6, 6.07) is 40.6. The van der Waals surface area contributed by atoms with E-state index in [4.69, 9.17) is 4.98 Å². The van der Waals surface area contributed by atoms with Crippen LogP contribution in [0.5, 0.6) is 0 Å². The second-order valence-electron chi connectivity index (χ2n) is 15.9. The lowest BCUT2D eigenvalue weighted by molar-refractivity contribution is 0.569. The van der Waals surface area contributed by atoms with Gasteiger partial charge in [0.1, 0.15) is 0 Å². The molecule has 0 unspecified atom stereocenters. The fourth-order valence-corrected chi connectivity index (χ4v) is 6.15. The summed E-state index contributed by atoms with van der Waals surface area (Å²) in [7, 11) is 0. The SMILES string of the molecule is CC(C)(C)c1cc(-c2cncc(-c3cccc(-c4cccc5ccccc45)c3)c2)cc(-c2cc(C(C)(C)C)cc(C(C)(C)C)c2)c1. The van der Waals surface area contributed by atoms with E-state index in [1.54, 1.807) is 0 Å². The third-order valence-electron chi connectivity index (χ3n) is 9.17. The Morgan fingerprint density at radius 3 is 1.43 bits per heavy atom. The molecule has 0 fully saturated rings. The van der Waals surface area contributed by atoms with E-state index in [1.807, 2.05) is 12.4 Å². The minimum Gasteiger partial charge on any atom is -0.263 e. The van der Waals surface area contributed by atoms with Gasteiger partial charge in [-0.25, -0.2) is 0 Å². The van der Waals surface area contributed by atoms with Crippen molar-refractivity contribution in [3.8, 4) is 44.5 Å². The van der Waals surface area contributed by atoms with Crippen molar-refractivity contribution < 1.29 is 0 Å². The maximum atomic E-state index is 4.78. The molecule has 0 saturated carbocycles. The van der Waals surface area contributed by atoms with Crippen molar-refractivity contribution >= 4 is 10.8 Å². The number of rotatable bonds is 4. The zero-order valence-electron chi connectivity index (χ0n) is 29.0. The molecule has 0 saturated heterocycles. The highest BCUT2D eigenvalue weighted by molar-refractivity contribution is 5.97. The fourth-order valence-electron chi connectivity index (χ4n) is 6.15. The number of benzene rings is 5. The van der Waals surface area contributed by atoms with Crippen molar-refractivity contribution in [1.29, 1.82) is 0 Å². The third-order valence-corrected chi connectivity index (χ3v) is 9.17. The molecule has 46 heavy (non-hydrogen) atoms. The van der Waals surface area contributed by atoms with E-state index in [0.29, 0.717) is 0 Å². The second kappa shape index (κ2) is 11.7. The second-order valence-corrected chi connectivity index (χ2v) is 15.9. The molecular weight excluding hydrogens is 555 g/mol. The fraction of sp³-hybridized carbons (Fsp3) is 0.267. The van der Waals surface area contributed by atoms with Gasteiger partial charge in [0, 0.05) is 23.5 Å². The standard InChI is InChI=1S/C45H47N/c1-43(2,3)38-23-33(35-25-39(44(4,5)6)27-40(26-35)45(7,8)9)21-34(24-38)37-22-36(28-46-29-37)31-16-12-17-32(20-31)42-19-13-15-30-14-10-11-18-41(30)42/h10-29H,1-9H3. The minimum atomic E-state index is -0.00289. The van der Waals surface area contributed by atoms with Crippen LogP contribution < -0.4 is 0 Å². The van der Waals surface area contributed by atoms with Crippen LogP contribution in [0.1, 0.15) is 79.0 Å². The van der Waals surface area contributed by atoms with E-state index in [0.717, 1.165) is 11.1 Å². The summed E-state index contributed by atoms with van der Waals surface area (Å²) in [5.74, 6) is 0. The Morgan fingerprint density at radius 2 is 0.804 bits per heavy atom. The first-order valence-electron chi connectivity index (χ1n) is 16.5. The van der Waals surface area contributed by atoms with E-state index in [1.165, 1.54) is 60.8 Å². The molecule has 0 radical (unpaired) electrons. The summed E-state index contributed by atoms with van der Waals surface area (Å²) >= 11 is 0. The summed E-state index contributed by atoms with van der Waals surface area (Å²) in [6.07, 6.45) is 4.00. The Morgan fingerprint density at radius 1 is 0.370 bits per heavy atom. The predicted molar refractivity (Wildman–Crippen MR) is 200 cm³/mol. The molecule has 1 heteroatoms. The predicted octanol–water partition coefficient (Wildman–Crippen LogP) is 12.8. The van der Waals surface area contributed by atoms with E-state index in [-0.39, 0.29) is 16.2 Å². The van der Waals surface area contributed by atoms with Gasteiger partial charge in [-0.15, -0.1) is 0 Å². The number of pyridine rings is 1. The normalized spacial score (nSPS) is 12.5. The Hall–Kier alpha value is -4.49. The maximum Gasteiger partial charge on any atom is 0.0346 e. The van der Waals surface area contributed by atoms with Gasteiger partial charge in [-0.2, -0.15) is 0 Å². The lowest BCUT2D eigenvalue weighted by Gasteiger charge is -2.27. The maximum absolute atomic E-state index is 4.78. The Kier molecular flexibility index (Phi) is 8.01. The lowest BCUT2D eigenvalue weighted by atomic mass is 9.78. The number of nitrogens with zero attached hydrogens (tertiary/aromatic N) is 1. The largest absolute Gasteiger partial charge is 0.263 e. The van der Waals surface area contributed by atoms with Gasteiger partial charge in [-0.1, -0.05) is 153 Å². The van der Waals surface area contributed by atoms with Crippen LogP contribution in [0.15, 0.2) is 122 Å². The number of fused-ring (bicyclic) bond motifs is 1. The van der Waals surface area contributed by atoms with Crippen LogP contribution in [0.2, 0.25) is 0 Å². The molecule has 5 aromatic carbocycles. The van der Waals surface area contributed by atoms with Crippen molar-refractivity contribution in [1.82, 2.24) is 4.98 Å². The molecule has 0 aliphatic carbocycles. The van der Waals surface area contributed by atoms with Gasteiger partial charge in [0.25, 0.3) is 0 Å². The first-order valence-corrected chi connectivity index (χ1v) is 16.5. The highest BCUT2D eigenvalue weighted by Gasteiger charge is 2.22. The molecule has 232 valence electrons. The van der Waals surface area contributed by atoms with Crippen molar-refractivity contribution in [3.63, 3.8) is 0 Å². The van der Waals surface area contributed by atoms with Crippen LogP contribution in [-0.2, 0) is 16.2 Å². The molecule has 0 N–H and O–H groups in total. The zero-order valence-corrected chi connectivity index (χ0v) is 29.0. The van der Waals surface area contributed by atoms with Crippen LogP contribution in [0, 0.1) is 0 Å². The molecule has 1 heterocycles. The first kappa shape index (κ1) is 31.5. The van der Waals surface area contributed by atoms with Crippen molar-refractivity contribution in [2.45, 2.75) is 78.6 Å². The summed E-state index contributed by atoms with van der Waals surface area (Å²) in [5.41, 5.74) is 13.8. The molecular formula is C45H47N. The van der Waals surface area contributed by atoms with Gasteiger partial charge in [-0.05, 0) is 95.3 Å². The van der Waals surface area contributed by atoms with Crippen molar-refractivity contribution in [2.75, 3.05) is 0 Å². The van der Waals surface area contributed by atoms with Crippen LogP contribution in [-0.4, -0.2) is 4.98 Å². The summed E-state index contributed by atoms with van der Waals surface area (Å²) in [4.78, 5) is 4.78. The van der Waals surface area contributed by atoms with E-state index in [9.17, 15) is 0 Å². The lowest BCUT2D eigenvalue weighted by Crippen LogP contribution is -2.16. The molecule has 6 rings (SSSR count). The van der Waals surface area contributed by atoms with E-state index < -0.39 is 0 Å². The van der Waals surface area contributed by atoms with Gasteiger partial charge in [-0.3, -0.25) is 4.98 Å². The Labute approximate surface area is 276 Å². The Balaban J connectivity index is 1.47. The number of aromatic nitrogens is 1. The number of hydrogen-bond donors (Lipinski definition) is 0. The van der Waals surface area contributed by atoms with Gasteiger partial charge in [0.15, 0.2) is 0 Å². The molecule has 6 aromatic rings. The van der Waals surface area contributed by atoms with Gasteiger partial charge < -0.3 is 0 Å². The quantitative estimate of drug-likeness (QED) is 0.196. The molecule has 0 spiro atoms. The Bertz CT molecular complexity index is 2000. The third kappa shape index (κ3) is 6.56.